The van der Waals surface area contributed by atoms with E-state index in [2.05, 4.69) is 10.3 Å². The van der Waals surface area contributed by atoms with Crippen LogP contribution < -0.4 is 15.6 Å². The molecule has 1 fully saturated rings. The summed E-state index contributed by atoms with van der Waals surface area (Å²) in [5.74, 6) is -1.89. The molecule has 1 saturated heterocycles. The van der Waals surface area contributed by atoms with Gasteiger partial charge in [-0.1, -0.05) is 19.1 Å². The topological polar surface area (TPSA) is 114 Å². The third-order valence-corrected chi connectivity index (χ3v) is 6.60. The van der Waals surface area contributed by atoms with Crippen molar-refractivity contribution in [3.63, 3.8) is 0 Å². The minimum Gasteiger partial charge on any atom is -0.505 e. The zero-order chi connectivity index (χ0) is 26.1. The maximum Gasteiger partial charge on any atom is 0.291 e. The Labute approximate surface area is 212 Å². The molecule has 9 nitrogen and oxygen atoms in total. The van der Waals surface area contributed by atoms with Gasteiger partial charge < -0.3 is 20.1 Å². The molecule has 10 heteroatoms. The van der Waals surface area contributed by atoms with E-state index in [4.69, 9.17) is 4.74 Å². The molecule has 2 aliphatic heterocycles. The van der Waals surface area contributed by atoms with Crippen LogP contribution in [0, 0.1) is 5.82 Å². The number of rotatable bonds is 6. The van der Waals surface area contributed by atoms with Crippen molar-refractivity contribution in [1.82, 2.24) is 19.8 Å². The van der Waals surface area contributed by atoms with E-state index in [1.165, 1.54) is 24.5 Å². The Morgan fingerprint density at radius 2 is 1.89 bits per heavy atom. The third-order valence-electron chi connectivity index (χ3n) is 6.60. The molecule has 2 amide bonds. The van der Waals surface area contributed by atoms with Gasteiger partial charge in [0.25, 0.3) is 17.4 Å². The summed E-state index contributed by atoms with van der Waals surface area (Å²) >= 11 is 0. The number of pyridine rings is 2. The van der Waals surface area contributed by atoms with Crippen molar-refractivity contribution in [3.8, 4) is 11.5 Å². The lowest BCUT2D eigenvalue weighted by molar-refractivity contribution is -0.130. The monoisotopic (exact) mass is 506 g/mol. The lowest BCUT2D eigenvalue weighted by Crippen LogP contribution is -2.39. The van der Waals surface area contributed by atoms with Gasteiger partial charge in [-0.3, -0.25) is 23.9 Å². The number of benzene rings is 1. The molecular weight excluding hydrogens is 479 g/mol. The molecule has 0 bridgehead atoms. The highest BCUT2D eigenvalue weighted by atomic mass is 19.1. The van der Waals surface area contributed by atoms with Crippen molar-refractivity contribution >= 4 is 29.0 Å². The van der Waals surface area contributed by atoms with Crippen LogP contribution in [-0.4, -0.2) is 51.0 Å². The molecule has 0 radical (unpaired) electrons. The number of nitrogens with one attached hydrogen (secondary N) is 1. The number of hydrogen-bond acceptors (Lipinski definition) is 6. The van der Waals surface area contributed by atoms with Crippen LogP contribution in [0.4, 0.5) is 4.39 Å². The van der Waals surface area contributed by atoms with Crippen LogP contribution in [0.15, 0.2) is 41.0 Å². The second-order valence-corrected chi connectivity index (χ2v) is 9.22. The second kappa shape index (κ2) is 10.0. The summed E-state index contributed by atoms with van der Waals surface area (Å²) in [7, 11) is 0. The van der Waals surface area contributed by atoms with Gasteiger partial charge in [0.05, 0.1) is 6.20 Å². The van der Waals surface area contributed by atoms with E-state index < -0.39 is 22.8 Å². The Bertz CT molecular complexity index is 1470. The van der Waals surface area contributed by atoms with Gasteiger partial charge in [0.2, 0.25) is 5.76 Å². The number of halogens is 1. The fraction of sp³-hybridized carbons (Fsp3) is 0.333. The fourth-order valence-corrected chi connectivity index (χ4v) is 4.68. The predicted octanol–water partition coefficient (Wildman–Crippen LogP) is 3.18. The zero-order valence-electron chi connectivity index (χ0n) is 20.4. The van der Waals surface area contributed by atoms with Crippen LogP contribution in [0.25, 0.3) is 17.2 Å². The van der Waals surface area contributed by atoms with Gasteiger partial charge in [-0.05, 0) is 43.4 Å². The van der Waals surface area contributed by atoms with E-state index in [1.54, 1.807) is 17.0 Å². The molecule has 0 unspecified atom stereocenters. The first kappa shape index (κ1) is 24.5. The zero-order valence-corrected chi connectivity index (χ0v) is 20.4. The van der Waals surface area contributed by atoms with Crippen molar-refractivity contribution in [3.05, 3.63) is 69.1 Å². The van der Waals surface area contributed by atoms with Crippen molar-refractivity contribution < 1.29 is 23.8 Å². The Hall–Kier alpha value is -4.21. The maximum atomic E-state index is 13.5. The minimum atomic E-state index is -0.784. The smallest absolute Gasteiger partial charge is 0.291 e. The van der Waals surface area contributed by atoms with Gasteiger partial charge in [0.1, 0.15) is 22.4 Å². The first-order valence-electron chi connectivity index (χ1n) is 12.4. The molecule has 2 N–H and O–H groups in total. The van der Waals surface area contributed by atoms with Crippen LogP contribution in [0.3, 0.4) is 0 Å². The van der Waals surface area contributed by atoms with Gasteiger partial charge in [-0.25, -0.2) is 4.39 Å². The summed E-state index contributed by atoms with van der Waals surface area (Å²) < 4.78 is 20.7. The number of carbonyl (C=O) groups excluding carboxylic acids is 2. The molecule has 0 atom stereocenters. The Balaban J connectivity index is 1.68. The molecule has 4 heterocycles. The SMILES string of the molecule is CCCNC(=O)c1c(O)c2ncc(Cc3ccc(F)cc3)c3c2n(c1=O)C=C(C(=O)N1CCCCC1)O3. The summed E-state index contributed by atoms with van der Waals surface area (Å²) in [5, 5.41) is 13.5. The van der Waals surface area contributed by atoms with E-state index >= 15 is 0 Å². The summed E-state index contributed by atoms with van der Waals surface area (Å²) in [6, 6.07) is 5.92. The quantitative estimate of drug-likeness (QED) is 0.531. The Kier molecular flexibility index (Phi) is 6.64. The van der Waals surface area contributed by atoms with Crippen LogP contribution in [0.5, 0.6) is 11.5 Å². The van der Waals surface area contributed by atoms with Crippen molar-refractivity contribution in [2.24, 2.45) is 0 Å². The van der Waals surface area contributed by atoms with E-state index in [1.807, 2.05) is 6.92 Å². The standard InChI is InChI=1S/C27H27FN4O5/c1-2-10-29-25(34)20-23(33)21-22-24(17(14-30-21)13-16-6-8-18(28)9-7-16)37-19(15-32(22)27(20)36)26(35)31-11-4-3-5-12-31/h6-9,14-15,33H,2-5,10-13H2,1H3,(H,29,34). The molecule has 3 aromatic rings. The normalized spacial score (nSPS) is 14.8. The Morgan fingerprint density at radius 3 is 2.59 bits per heavy atom. The van der Waals surface area contributed by atoms with Crippen LogP contribution in [0.1, 0.15) is 54.1 Å². The predicted molar refractivity (Wildman–Crippen MR) is 135 cm³/mol. The molecular formula is C27H27FN4O5. The second-order valence-electron chi connectivity index (χ2n) is 9.22. The van der Waals surface area contributed by atoms with E-state index in [9.17, 15) is 23.9 Å². The lowest BCUT2D eigenvalue weighted by Gasteiger charge is -2.29. The van der Waals surface area contributed by atoms with E-state index in [-0.39, 0.29) is 40.7 Å². The average molecular weight is 507 g/mol. The van der Waals surface area contributed by atoms with Gasteiger partial charge >= 0.3 is 0 Å². The number of hydrogen-bond donors (Lipinski definition) is 2. The summed E-state index contributed by atoms with van der Waals surface area (Å²) in [6.45, 7) is 3.35. The van der Waals surface area contributed by atoms with Gasteiger partial charge in [-0.15, -0.1) is 0 Å². The molecule has 37 heavy (non-hydrogen) atoms. The summed E-state index contributed by atoms with van der Waals surface area (Å²) in [6.07, 6.45) is 6.45. The number of ether oxygens (including phenoxy) is 1. The molecule has 0 spiro atoms. The molecule has 0 aliphatic carbocycles. The van der Waals surface area contributed by atoms with Crippen molar-refractivity contribution in [2.75, 3.05) is 19.6 Å². The van der Waals surface area contributed by atoms with Crippen LogP contribution >= 0.6 is 0 Å². The largest absolute Gasteiger partial charge is 0.505 e. The lowest BCUT2D eigenvalue weighted by atomic mass is 10.0. The Morgan fingerprint density at radius 1 is 1.16 bits per heavy atom. The number of piperidine rings is 1. The maximum absolute atomic E-state index is 13.5. The number of aromatic hydroxyl groups is 1. The van der Waals surface area contributed by atoms with E-state index in [0.29, 0.717) is 31.6 Å². The highest BCUT2D eigenvalue weighted by Crippen LogP contribution is 2.38. The van der Waals surface area contributed by atoms with E-state index in [0.717, 1.165) is 29.4 Å². The minimum absolute atomic E-state index is 0.000161. The molecule has 1 aromatic carbocycles. The fourth-order valence-electron chi connectivity index (χ4n) is 4.68. The first-order chi connectivity index (χ1) is 17.9. The summed E-state index contributed by atoms with van der Waals surface area (Å²) in [5.41, 5.74) is 0.215. The number of carbonyl (C=O) groups is 2. The molecule has 2 aromatic heterocycles. The molecule has 2 aliphatic rings. The first-order valence-corrected chi connectivity index (χ1v) is 12.4. The molecule has 5 rings (SSSR count). The number of likely N-dealkylation sites (tertiary alicyclic amines) is 1. The van der Waals surface area contributed by atoms with Crippen LogP contribution in [0.2, 0.25) is 0 Å². The highest BCUT2D eigenvalue weighted by molar-refractivity contribution is 6.04. The molecule has 0 saturated carbocycles. The van der Waals surface area contributed by atoms with Gasteiger partial charge in [0.15, 0.2) is 11.5 Å². The molecule has 192 valence electrons. The van der Waals surface area contributed by atoms with Gasteiger partial charge in [0, 0.05) is 37.8 Å². The number of aromatic nitrogens is 2. The highest BCUT2D eigenvalue weighted by Gasteiger charge is 2.32. The van der Waals surface area contributed by atoms with Crippen molar-refractivity contribution in [1.29, 1.82) is 0 Å². The average Bonchev–Trinajstić information content (AvgIpc) is 2.92. The van der Waals surface area contributed by atoms with Crippen molar-refractivity contribution in [2.45, 2.75) is 39.0 Å². The number of amides is 2. The number of nitrogens with zero attached hydrogens (tertiary/aromatic N) is 3. The van der Waals surface area contributed by atoms with Gasteiger partial charge in [-0.2, -0.15) is 0 Å². The van der Waals surface area contributed by atoms with Crippen LogP contribution in [-0.2, 0) is 11.2 Å². The summed E-state index contributed by atoms with van der Waals surface area (Å²) in [4.78, 5) is 45.7. The third kappa shape index (κ3) is 4.54.